The zero-order valence-electron chi connectivity index (χ0n) is 15.5. The van der Waals surface area contributed by atoms with Crippen molar-refractivity contribution in [2.24, 2.45) is 4.99 Å². The Kier molecular flexibility index (Phi) is 6.32. The summed E-state index contributed by atoms with van der Waals surface area (Å²) in [6.45, 7) is 5.64. The van der Waals surface area contributed by atoms with Gasteiger partial charge >= 0.3 is 0 Å². The third-order valence-corrected chi connectivity index (χ3v) is 4.29. The van der Waals surface area contributed by atoms with Gasteiger partial charge in [-0.25, -0.2) is 0 Å². The van der Waals surface area contributed by atoms with Gasteiger partial charge < -0.3 is 0 Å². The van der Waals surface area contributed by atoms with Crippen LogP contribution in [0.15, 0.2) is 114 Å². The fourth-order valence-corrected chi connectivity index (χ4v) is 2.97. The normalized spacial score (nSPS) is 12.0. The molecule has 0 unspecified atom stereocenters. The van der Waals surface area contributed by atoms with Gasteiger partial charge in [-0.15, -0.1) is 0 Å². The van der Waals surface area contributed by atoms with E-state index in [0.717, 1.165) is 11.1 Å². The molecule has 3 aromatic carbocycles. The first-order chi connectivity index (χ1) is 13.3. The quantitative estimate of drug-likeness (QED) is 0.330. The topological polar surface area (TPSA) is 12.4 Å². The lowest BCUT2D eigenvalue weighted by Crippen LogP contribution is -1.88. The average Bonchev–Trinajstić information content (AvgIpc) is 2.74. The van der Waals surface area contributed by atoms with E-state index in [1.54, 1.807) is 6.20 Å². The summed E-state index contributed by atoms with van der Waals surface area (Å²) in [5.41, 5.74) is 6.89. The summed E-state index contributed by atoms with van der Waals surface area (Å²) in [4.78, 5) is 4.01. The number of allylic oxidation sites excluding steroid dienone is 5. The van der Waals surface area contributed by atoms with Crippen LogP contribution in [0.4, 0.5) is 0 Å². The first-order valence-corrected chi connectivity index (χ1v) is 9.03. The minimum absolute atomic E-state index is 1.03. The highest BCUT2D eigenvalue weighted by atomic mass is 14.6. The summed E-state index contributed by atoms with van der Waals surface area (Å²) in [6, 6.07) is 27.6. The van der Waals surface area contributed by atoms with Crippen molar-refractivity contribution < 1.29 is 0 Å². The van der Waals surface area contributed by atoms with Crippen molar-refractivity contribution in [1.82, 2.24) is 0 Å². The van der Waals surface area contributed by atoms with E-state index in [4.69, 9.17) is 0 Å². The second-order valence-electron chi connectivity index (χ2n) is 6.18. The zero-order chi connectivity index (χ0) is 18.9. The van der Waals surface area contributed by atoms with E-state index in [0.29, 0.717) is 0 Å². The summed E-state index contributed by atoms with van der Waals surface area (Å²) in [6.07, 6.45) is 9.90. The van der Waals surface area contributed by atoms with Crippen LogP contribution in [0.25, 0.3) is 27.8 Å². The fourth-order valence-electron chi connectivity index (χ4n) is 2.97. The predicted octanol–water partition coefficient (Wildman–Crippen LogP) is 7.19. The predicted molar refractivity (Wildman–Crippen MR) is 119 cm³/mol. The van der Waals surface area contributed by atoms with Gasteiger partial charge in [0.25, 0.3) is 0 Å². The van der Waals surface area contributed by atoms with Crippen LogP contribution < -0.4 is 0 Å². The lowest BCUT2D eigenvalue weighted by molar-refractivity contribution is 1.53. The van der Waals surface area contributed by atoms with Crippen molar-refractivity contribution in [3.63, 3.8) is 0 Å². The van der Waals surface area contributed by atoms with Crippen molar-refractivity contribution in [1.29, 1.82) is 0 Å². The van der Waals surface area contributed by atoms with Crippen LogP contribution in [0.2, 0.25) is 0 Å². The number of hydrogen-bond donors (Lipinski definition) is 0. The lowest BCUT2D eigenvalue weighted by atomic mass is 9.93. The van der Waals surface area contributed by atoms with E-state index >= 15 is 0 Å². The maximum Gasteiger partial charge on any atom is 0.0339 e. The third-order valence-electron chi connectivity index (χ3n) is 4.29. The molecule has 3 aromatic rings. The molecule has 0 saturated heterocycles. The molecule has 132 valence electrons. The molecule has 27 heavy (non-hydrogen) atoms. The second-order valence-corrected chi connectivity index (χ2v) is 6.18. The Morgan fingerprint density at radius 3 is 1.78 bits per heavy atom. The van der Waals surface area contributed by atoms with E-state index in [-0.39, 0.29) is 0 Å². The third kappa shape index (κ3) is 4.80. The highest BCUT2D eigenvalue weighted by Gasteiger charge is 2.07. The summed E-state index contributed by atoms with van der Waals surface area (Å²) in [5, 5.41) is 0. The Balaban J connectivity index is 2.18. The number of benzene rings is 3. The summed E-state index contributed by atoms with van der Waals surface area (Å²) in [5.74, 6) is 0. The maximum absolute atomic E-state index is 4.01. The van der Waals surface area contributed by atoms with Gasteiger partial charge in [-0.3, -0.25) is 4.99 Å². The Labute approximate surface area is 161 Å². The zero-order valence-corrected chi connectivity index (χ0v) is 15.5. The van der Waals surface area contributed by atoms with Gasteiger partial charge in [0.2, 0.25) is 0 Å². The molecule has 0 atom stereocenters. The molecule has 0 heterocycles. The van der Waals surface area contributed by atoms with Crippen LogP contribution in [0.3, 0.4) is 0 Å². The molecule has 1 heteroatoms. The van der Waals surface area contributed by atoms with Gasteiger partial charge in [-0.05, 0) is 65.2 Å². The summed E-state index contributed by atoms with van der Waals surface area (Å²) >= 11 is 0. The molecule has 0 aliphatic rings. The molecule has 3 rings (SSSR count). The van der Waals surface area contributed by atoms with Gasteiger partial charge in [0.1, 0.15) is 0 Å². The molecule has 0 radical (unpaired) electrons. The molecule has 0 aliphatic carbocycles. The molecule has 0 spiro atoms. The monoisotopic (exact) mass is 349 g/mol. The van der Waals surface area contributed by atoms with Crippen LogP contribution in [-0.2, 0) is 0 Å². The van der Waals surface area contributed by atoms with E-state index in [1.807, 2.05) is 37.3 Å². The van der Waals surface area contributed by atoms with Crippen LogP contribution in [0, 0.1) is 0 Å². The fraction of sp³-hybridized carbons (Fsp3) is 0.0385. The standard InChI is InChI=1S/C26H23N/c1-3-4-7-16-23(20-27-2)26-18-24(21-12-8-5-9-13-21)17-25(19-26)22-14-10-6-11-15-22/h3-20H,2H2,1H3/b4-3+,16-7-,23-20+. The highest BCUT2D eigenvalue weighted by Crippen LogP contribution is 2.31. The van der Waals surface area contributed by atoms with Crippen molar-refractivity contribution in [3.05, 3.63) is 115 Å². The molecule has 0 N–H and O–H groups in total. The first-order valence-electron chi connectivity index (χ1n) is 9.03. The van der Waals surface area contributed by atoms with E-state index in [9.17, 15) is 0 Å². The van der Waals surface area contributed by atoms with Gasteiger partial charge in [0.15, 0.2) is 0 Å². The lowest BCUT2D eigenvalue weighted by Gasteiger charge is -2.11. The maximum atomic E-state index is 4.01. The van der Waals surface area contributed by atoms with Crippen molar-refractivity contribution >= 4 is 12.3 Å². The van der Waals surface area contributed by atoms with E-state index in [1.165, 1.54) is 22.3 Å². The van der Waals surface area contributed by atoms with Crippen molar-refractivity contribution in [2.45, 2.75) is 6.92 Å². The molecule has 0 saturated carbocycles. The SMILES string of the molecule is C=N\C=C(/C=C\C=C\C)c1cc(-c2ccccc2)cc(-c2ccccc2)c1. The van der Waals surface area contributed by atoms with E-state index in [2.05, 4.69) is 84.5 Å². The molecule has 0 aromatic heterocycles. The molecular formula is C26H23N. The van der Waals surface area contributed by atoms with Crippen LogP contribution in [0.5, 0.6) is 0 Å². The van der Waals surface area contributed by atoms with Crippen LogP contribution in [0.1, 0.15) is 12.5 Å². The molecular weight excluding hydrogens is 326 g/mol. The van der Waals surface area contributed by atoms with Crippen LogP contribution in [-0.4, -0.2) is 6.72 Å². The summed E-state index contributed by atoms with van der Waals surface area (Å²) in [7, 11) is 0. The molecule has 0 fully saturated rings. The number of hydrogen-bond acceptors (Lipinski definition) is 1. The van der Waals surface area contributed by atoms with Crippen molar-refractivity contribution in [3.8, 4) is 22.3 Å². The molecule has 0 aliphatic heterocycles. The number of rotatable bonds is 6. The minimum atomic E-state index is 1.03. The van der Waals surface area contributed by atoms with Gasteiger partial charge in [0.05, 0.1) is 0 Å². The number of aliphatic imine (C=N–C) groups is 1. The molecule has 1 nitrogen and oxygen atoms in total. The van der Waals surface area contributed by atoms with Gasteiger partial charge in [0, 0.05) is 6.20 Å². The molecule has 0 amide bonds. The van der Waals surface area contributed by atoms with Gasteiger partial charge in [-0.1, -0.05) is 85.0 Å². The average molecular weight is 349 g/mol. The smallest absolute Gasteiger partial charge is 0.0339 e. The van der Waals surface area contributed by atoms with Gasteiger partial charge in [-0.2, -0.15) is 0 Å². The minimum Gasteiger partial charge on any atom is -0.272 e. The molecule has 0 bridgehead atoms. The Morgan fingerprint density at radius 1 is 0.741 bits per heavy atom. The van der Waals surface area contributed by atoms with Crippen molar-refractivity contribution in [2.75, 3.05) is 0 Å². The Hall–Kier alpha value is -3.45. The Bertz CT molecular complexity index is 919. The van der Waals surface area contributed by atoms with E-state index < -0.39 is 0 Å². The second kappa shape index (κ2) is 9.30. The van der Waals surface area contributed by atoms with Crippen LogP contribution >= 0.6 is 0 Å². The summed E-state index contributed by atoms with van der Waals surface area (Å²) < 4.78 is 0. The highest BCUT2D eigenvalue weighted by molar-refractivity contribution is 5.83. The largest absolute Gasteiger partial charge is 0.272 e. The first kappa shape index (κ1) is 18.3. The number of nitrogens with zero attached hydrogens (tertiary/aromatic N) is 1. The Morgan fingerprint density at radius 2 is 1.30 bits per heavy atom.